The summed E-state index contributed by atoms with van der Waals surface area (Å²) in [4.78, 5) is 16.0. The average Bonchev–Trinajstić information content (AvgIpc) is 3.03. The minimum Gasteiger partial charge on any atom is -0.462 e. The van der Waals surface area contributed by atoms with Crippen LogP contribution in [0.3, 0.4) is 0 Å². The molecule has 108 valence electrons. The van der Waals surface area contributed by atoms with Gasteiger partial charge in [0, 0.05) is 0 Å². The first-order valence-corrected chi connectivity index (χ1v) is 7.02. The summed E-state index contributed by atoms with van der Waals surface area (Å²) in [6, 6.07) is 1.92. The van der Waals surface area contributed by atoms with Crippen LogP contribution in [0.2, 0.25) is 0 Å². The third kappa shape index (κ3) is 2.43. The standard InChI is InChI=1S/C14H19N3O3/c1-2-19-14(18)9-6-13(16-7-10(9)15)17-11-5-8-3-4-12(11)20-8/h6-8,11-12H,2-5,15H2,1H3,(H,16,17). The van der Waals surface area contributed by atoms with Crippen molar-refractivity contribution >= 4 is 17.5 Å². The Morgan fingerprint density at radius 2 is 2.45 bits per heavy atom. The second kappa shape index (κ2) is 5.28. The molecule has 3 heterocycles. The van der Waals surface area contributed by atoms with E-state index in [0.717, 1.165) is 19.3 Å². The van der Waals surface area contributed by atoms with E-state index in [1.165, 1.54) is 6.20 Å². The molecule has 6 heteroatoms. The van der Waals surface area contributed by atoms with Crippen LogP contribution in [0.5, 0.6) is 0 Å². The topological polar surface area (TPSA) is 86.5 Å². The van der Waals surface area contributed by atoms with Gasteiger partial charge in [-0.2, -0.15) is 0 Å². The third-order valence-electron chi connectivity index (χ3n) is 3.87. The zero-order chi connectivity index (χ0) is 14.1. The molecule has 3 N–H and O–H groups in total. The highest BCUT2D eigenvalue weighted by atomic mass is 16.5. The van der Waals surface area contributed by atoms with Crippen molar-refractivity contribution in [3.05, 3.63) is 17.8 Å². The van der Waals surface area contributed by atoms with Gasteiger partial charge >= 0.3 is 5.97 Å². The number of hydrogen-bond acceptors (Lipinski definition) is 6. The number of carbonyl (C=O) groups is 1. The second-order valence-corrected chi connectivity index (χ2v) is 5.24. The van der Waals surface area contributed by atoms with Crippen molar-refractivity contribution in [2.45, 2.75) is 44.4 Å². The van der Waals surface area contributed by atoms with Gasteiger partial charge < -0.3 is 20.5 Å². The van der Waals surface area contributed by atoms with Crippen LogP contribution in [0, 0.1) is 0 Å². The number of nitrogens with zero attached hydrogens (tertiary/aromatic N) is 1. The van der Waals surface area contributed by atoms with Gasteiger partial charge in [-0.15, -0.1) is 0 Å². The highest BCUT2D eigenvalue weighted by Crippen LogP contribution is 2.35. The second-order valence-electron chi connectivity index (χ2n) is 5.24. The van der Waals surface area contributed by atoms with Gasteiger partial charge in [-0.05, 0) is 32.3 Å². The van der Waals surface area contributed by atoms with Crippen molar-refractivity contribution in [3.8, 4) is 0 Å². The maximum Gasteiger partial charge on any atom is 0.340 e. The van der Waals surface area contributed by atoms with Crippen molar-refractivity contribution in [3.63, 3.8) is 0 Å². The van der Waals surface area contributed by atoms with Crippen molar-refractivity contribution in [1.29, 1.82) is 0 Å². The predicted molar refractivity (Wildman–Crippen MR) is 74.5 cm³/mol. The molecule has 3 unspecified atom stereocenters. The van der Waals surface area contributed by atoms with Gasteiger partial charge in [0.05, 0.1) is 42.3 Å². The van der Waals surface area contributed by atoms with Crippen LogP contribution in [-0.4, -0.2) is 35.8 Å². The fraction of sp³-hybridized carbons (Fsp3) is 0.571. The van der Waals surface area contributed by atoms with Crippen molar-refractivity contribution in [1.82, 2.24) is 4.98 Å². The van der Waals surface area contributed by atoms with E-state index in [1.807, 2.05) is 0 Å². The Kier molecular flexibility index (Phi) is 3.48. The van der Waals surface area contributed by atoms with Gasteiger partial charge in [0.25, 0.3) is 0 Å². The zero-order valence-corrected chi connectivity index (χ0v) is 11.5. The van der Waals surface area contributed by atoms with Gasteiger partial charge in [0.15, 0.2) is 0 Å². The zero-order valence-electron chi connectivity index (χ0n) is 11.5. The van der Waals surface area contributed by atoms with Crippen LogP contribution in [0.1, 0.15) is 36.5 Å². The molecule has 2 aliphatic rings. The number of nitrogens with two attached hydrogens (primary N) is 1. The number of ether oxygens (including phenoxy) is 2. The number of rotatable bonds is 4. The Morgan fingerprint density at radius 3 is 3.10 bits per heavy atom. The molecule has 0 spiro atoms. The maximum atomic E-state index is 11.8. The molecule has 0 amide bonds. The predicted octanol–water partition coefficient (Wildman–Crippen LogP) is 1.57. The van der Waals surface area contributed by atoms with E-state index >= 15 is 0 Å². The molecule has 0 saturated carbocycles. The van der Waals surface area contributed by atoms with Gasteiger partial charge in [0.2, 0.25) is 0 Å². The van der Waals surface area contributed by atoms with Crippen LogP contribution in [0.4, 0.5) is 11.5 Å². The molecule has 1 aromatic rings. The van der Waals surface area contributed by atoms with E-state index in [9.17, 15) is 4.79 Å². The molecule has 3 atom stereocenters. The number of esters is 1. The SMILES string of the molecule is CCOC(=O)c1cc(NC2CC3CCC2O3)ncc1N. The summed E-state index contributed by atoms with van der Waals surface area (Å²) < 4.78 is 10.8. The largest absolute Gasteiger partial charge is 0.462 e. The lowest BCUT2D eigenvalue weighted by atomic mass is 9.95. The highest BCUT2D eigenvalue weighted by Gasteiger charge is 2.40. The van der Waals surface area contributed by atoms with Crippen LogP contribution in [0.25, 0.3) is 0 Å². The molecule has 0 radical (unpaired) electrons. The third-order valence-corrected chi connectivity index (χ3v) is 3.87. The van der Waals surface area contributed by atoms with Crippen LogP contribution >= 0.6 is 0 Å². The average molecular weight is 277 g/mol. The normalized spacial score (nSPS) is 27.6. The molecule has 2 saturated heterocycles. The first kappa shape index (κ1) is 13.2. The Labute approximate surface area is 117 Å². The van der Waals surface area contributed by atoms with E-state index in [4.69, 9.17) is 15.2 Å². The quantitative estimate of drug-likeness (QED) is 0.812. The van der Waals surface area contributed by atoms with Gasteiger partial charge in [-0.3, -0.25) is 0 Å². The smallest absolute Gasteiger partial charge is 0.340 e. The molecule has 0 aliphatic carbocycles. The minimum atomic E-state index is -0.417. The summed E-state index contributed by atoms with van der Waals surface area (Å²) in [6.45, 7) is 2.09. The Hall–Kier alpha value is -1.82. The molecule has 2 bridgehead atoms. The van der Waals surface area contributed by atoms with Crippen LogP contribution in [-0.2, 0) is 9.47 Å². The molecule has 1 aromatic heterocycles. The fourth-order valence-electron chi connectivity index (χ4n) is 2.91. The summed E-state index contributed by atoms with van der Waals surface area (Å²) >= 11 is 0. The van der Waals surface area contributed by atoms with E-state index in [1.54, 1.807) is 13.0 Å². The number of hydrogen-bond donors (Lipinski definition) is 2. The highest BCUT2D eigenvalue weighted by molar-refractivity contribution is 5.95. The van der Waals surface area contributed by atoms with Crippen molar-refractivity contribution in [2.24, 2.45) is 0 Å². The molecule has 20 heavy (non-hydrogen) atoms. The lowest BCUT2D eigenvalue weighted by Crippen LogP contribution is -2.30. The number of fused-ring (bicyclic) bond motifs is 2. The minimum absolute atomic E-state index is 0.255. The van der Waals surface area contributed by atoms with E-state index in [0.29, 0.717) is 29.8 Å². The molecular formula is C14H19N3O3. The number of pyridine rings is 1. The first-order chi connectivity index (χ1) is 9.67. The summed E-state index contributed by atoms with van der Waals surface area (Å²) in [5, 5.41) is 3.34. The molecule has 3 rings (SSSR count). The maximum absolute atomic E-state index is 11.8. The Balaban J connectivity index is 1.74. The summed E-state index contributed by atoms with van der Waals surface area (Å²) in [5.41, 5.74) is 6.46. The number of nitrogen functional groups attached to an aromatic ring is 1. The molecular weight excluding hydrogens is 258 g/mol. The number of nitrogens with one attached hydrogen (secondary N) is 1. The number of aromatic nitrogens is 1. The Bertz CT molecular complexity index is 520. The lowest BCUT2D eigenvalue weighted by Gasteiger charge is -2.21. The number of carbonyl (C=O) groups excluding carboxylic acids is 1. The fourth-order valence-corrected chi connectivity index (χ4v) is 2.91. The van der Waals surface area contributed by atoms with Crippen LogP contribution in [0.15, 0.2) is 12.3 Å². The monoisotopic (exact) mass is 277 g/mol. The number of anilines is 2. The summed E-state index contributed by atoms with van der Waals surface area (Å²) in [5.74, 6) is 0.225. The van der Waals surface area contributed by atoms with Gasteiger partial charge in [0.1, 0.15) is 5.82 Å². The molecule has 0 aromatic carbocycles. The van der Waals surface area contributed by atoms with Gasteiger partial charge in [-0.25, -0.2) is 9.78 Å². The molecule has 2 fully saturated rings. The Morgan fingerprint density at radius 1 is 1.60 bits per heavy atom. The molecule has 6 nitrogen and oxygen atoms in total. The van der Waals surface area contributed by atoms with E-state index in [-0.39, 0.29) is 12.1 Å². The summed E-state index contributed by atoms with van der Waals surface area (Å²) in [6.07, 6.45) is 5.34. The van der Waals surface area contributed by atoms with Crippen LogP contribution < -0.4 is 11.1 Å². The first-order valence-electron chi connectivity index (χ1n) is 7.02. The lowest BCUT2D eigenvalue weighted by molar-refractivity contribution is 0.0527. The van der Waals surface area contributed by atoms with E-state index < -0.39 is 5.97 Å². The van der Waals surface area contributed by atoms with Crippen molar-refractivity contribution < 1.29 is 14.3 Å². The molecule has 2 aliphatic heterocycles. The van der Waals surface area contributed by atoms with Gasteiger partial charge in [-0.1, -0.05) is 0 Å². The van der Waals surface area contributed by atoms with E-state index in [2.05, 4.69) is 10.3 Å². The summed E-state index contributed by atoms with van der Waals surface area (Å²) in [7, 11) is 0. The van der Waals surface area contributed by atoms with Crippen molar-refractivity contribution in [2.75, 3.05) is 17.7 Å².